The van der Waals surface area contributed by atoms with Crippen LogP contribution in [-0.4, -0.2) is 54.4 Å². The van der Waals surface area contributed by atoms with Gasteiger partial charge >= 0.3 is 0 Å². The molecule has 8 heteroatoms. The molecule has 1 aromatic carbocycles. The van der Waals surface area contributed by atoms with Gasteiger partial charge in [0.2, 0.25) is 11.8 Å². The number of hydrogen-bond acceptors (Lipinski definition) is 5. The van der Waals surface area contributed by atoms with Gasteiger partial charge < -0.3 is 20.4 Å². The number of halogens is 1. The maximum atomic E-state index is 14.0. The van der Waals surface area contributed by atoms with Crippen molar-refractivity contribution < 1.29 is 14.0 Å². The van der Waals surface area contributed by atoms with Gasteiger partial charge in [0.15, 0.2) is 0 Å². The molecule has 2 aliphatic rings. The van der Waals surface area contributed by atoms with Gasteiger partial charge in [0.1, 0.15) is 11.9 Å². The number of aromatic nitrogens is 1. The Labute approximate surface area is 213 Å². The summed E-state index contributed by atoms with van der Waals surface area (Å²) >= 11 is 0. The van der Waals surface area contributed by atoms with E-state index in [0.29, 0.717) is 6.54 Å². The van der Waals surface area contributed by atoms with Crippen LogP contribution in [0, 0.1) is 11.7 Å². The molecular formula is C28H38FN5O2. The standard InChI is InChI=1S/C28H38FN5O2/c1-19(30-2)27(35)32-26(20-8-5-4-6-9-20)28(36)34-17-7-10-25(34)24-18-23(15-16-31-24)33(3)22-13-11-21(29)12-14-22/h11-16,18-20,25-26,30H,4-10,17H2,1-3H3,(H,32,35)/t19?,25?,26-/m0/s1. The average molecular weight is 496 g/mol. The Morgan fingerprint density at radius 3 is 2.47 bits per heavy atom. The zero-order valence-electron chi connectivity index (χ0n) is 21.5. The molecular weight excluding hydrogens is 457 g/mol. The fourth-order valence-corrected chi connectivity index (χ4v) is 5.42. The highest BCUT2D eigenvalue weighted by molar-refractivity contribution is 5.90. The molecule has 0 radical (unpaired) electrons. The number of likely N-dealkylation sites (tertiary alicyclic amines) is 1. The minimum Gasteiger partial charge on any atom is -0.345 e. The molecule has 0 spiro atoms. The van der Waals surface area contributed by atoms with E-state index in [9.17, 15) is 14.0 Å². The van der Waals surface area contributed by atoms with Crippen LogP contribution in [0.2, 0.25) is 0 Å². The number of hydrogen-bond donors (Lipinski definition) is 2. The first-order valence-corrected chi connectivity index (χ1v) is 13.1. The van der Waals surface area contributed by atoms with E-state index >= 15 is 0 Å². The number of amides is 2. The Morgan fingerprint density at radius 1 is 1.06 bits per heavy atom. The summed E-state index contributed by atoms with van der Waals surface area (Å²) in [6.45, 7) is 2.47. The van der Waals surface area contributed by atoms with E-state index in [1.807, 2.05) is 35.9 Å². The predicted octanol–water partition coefficient (Wildman–Crippen LogP) is 4.33. The summed E-state index contributed by atoms with van der Waals surface area (Å²) in [5.41, 5.74) is 2.63. The first kappa shape index (κ1) is 26.1. The number of rotatable bonds is 8. The third-order valence-corrected chi connectivity index (χ3v) is 7.75. The van der Waals surface area contributed by atoms with Crippen LogP contribution in [0.5, 0.6) is 0 Å². The molecule has 2 unspecified atom stereocenters. The van der Waals surface area contributed by atoms with Crippen molar-refractivity contribution in [3.05, 3.63) is 54.1 Å². The Balaban J connectivity index is 1.56. The van der Waals surface area contributed by atoms with Crippen LogP contribution in [0.4, 0.5) is 15.8 Å². The van der Waals surface area contributed by atoms with E-state index < -0.39 is 6.04 Å². The molecule has 0 bridgehead atoms. The van der Waals surface area contributed by atoms with Gasteiger partial charge in [-0.25, -0.2) is 4.39 Å². The molecule has 36 heavy (non-hydrogen) atoms. The second-order valence-electron chi connectivity index (χ2n) is 10.1. The number of carbonyl (C=O) groups is 2. The molecule has 1 aromatic heterocycles. The first-order valence-electron chi connectivity index (χ1n) is 13.1. The van der Waals surface area contributed by atoms with Crippen molar-refractivity contribution in [2.75, 3.05) is 25.5 Å². The highest BCUT2D eigenvalue weighted by Crippen LogP contribution is 2.36. The minimum absolute atomic E-state index is 0.000135. The highest BCUT2D eigenvalue weighted by atomic mass is 19.1. The van der Waals surface area contributed by atoms with Crippen LogP contribution in [0.3, 0.4) is 0 Å². The molecule has 1 aliphatic carbocycles. The molecule has 1 saturated heterocycles. The summed E-state index contributed by atoms with van der Waals surface area (Å²) < 4.78 is 13.4. The molecule has 1 aliphatic heterocycles. The van der Waals surface area contributed by atoms with Crippen molar-refractivity contribution in [1.29, 1.82) is 0 Å². The highest BCUT2D eigenvalue weighted by Gasteiger charge is 2.39. The normalized spacial score (nSPS) is 20.1. The number of anilines is 2. The van der Waals surface area contributed by atoms with Gasteiger partial charge in [-0.1, -0.05) is 19.3 Å². The van der Waals surface area contributed by atoms with Gasteiger partial charge in [-0.15, -0.1) is 0 Å². The van der Waals surface area contributed by atoms with Gasteiger partial charge in [-0.2, -0.15) is 0 Å². The molecule has 4 rings (SSSR count). The Kier molecular flexibility index (Phi) is 8.56. The molecule has 2 N–H and O–H groups in total. The number of nitrogens with zero attached hydrogens (tertiary/aromatic N) is 3. The quantitative estimate of drug-likeness (QED) is 0.570. The third-order valence-electron chi connectivity index (χ3n) is 7.75. The van der Waals surface area contributed by atoms with E-state index in [2.05, 4.69) is 15.6 Å². The van der Waals surface area contributed by atoms with Crippen molar-refractivity contribution in [2.45, 2.75) is 70.0 Å². The largest absolute Gasteiger partial charge is 0.345 e. The number of benzene rings is 1. The maximum absolute atomic E-state index is 14.0. The zero-order chi connectivity index (χ0) is 25.7. The van der Waals surface area contributed by atoms with Crippen molar-refractivity contribution in [3.8, 4) is 0 Å². The summed E-state index contributed by atoms with van der Waals surface area (Å²) in [7, 11) is 3.68. The lowest BCUT2D eigenvalue weighted by Gasteiger charge is -2.35. The van der Waals surface area contributed by atoms with E-state index in [4.69, 9.17) is 0 Å². The SMILES string of the molecule is CNC(C)C(=O)N[C@H](C(=O)N1CCCC1c1cc(N(C)c2ccc(F)cc2)ccn1)C1CCCCC1. The van der Waals surface area contributed by atoms with Gasteiger partial charge in [0.25, 0.3) is 0 Å². The van der Waals surface area contributed by atoms with Gasteiger partial charge in [-0.3, -0.25) is 14.6 Å². The lowest BCUT2D eigenvalue weighted by Crippen LogP contribution is -2.55. The van der Waals surface area contributed by atoms with Crippen molar-refractivity contribution in [3.63, 3.8) is 0 Å². The molecule has 7 nitrogen and oxygen atoms in total. The lowest BCUT2D eigenvalue weighted by atomic mass is 9.83. The predicted molar refractivity (Wildman–Crippen MR) is 139 cm³/mol. The summed E-state index contributed by atoms with van der Waals surface area (Å²) in [5, 5.41) is 6.07. The van der Waals surface area contributed by atoms with Crippen LogP contribution < -0.4 is 15.5 Å². The first-order chi connectivity index (χ1) is 17.4. The Morgan fingerprint density at radius 2 is 1.78 bits per heavy atom. The minimum atomic E-state index is -0.515. The summed E-state index contributed by atoms with van der Waals surface area (Å²) in [5.74, 6) is -0.255. The molecule has 2 fully saturated rings. The van der Waals surface area contributed by atoms with Gasteiger partial charge in [-0.05, 0) is 82.0 Å². The molecule has 194 valence electrons. The molecule has 2 heterocycles. The van der Waals surface area contributed by atoms with Crippen molar-refractivity contribution >= 4 is 23.2 Å². The monoisotopic (exact) mass is 495 g/mol. The van der Waals surface area contributed by atoms with Crippen LogP contribution in [-0.2, 0) is 9.59 Å². The van der Waals surface area contributed by atoms with Crippen LogP contribution in [0.25, 0.3) is 0 Å². The van der Waals surface area contributed by atoms with E-state index in [1.165, 1.54) is 18.6 Å². The van der Waals surface area contributed by atoms with Gasteiger partial charge in [0, 0.05) is 31.2 Å². The molecule has 1 saturated carbocycles. The van der Waals surface area contributed by atoms with Crippen LogP contribution in [0.15, 0.2) is 42.6 Å². The molecule has 2 aromatic rings. The van der Waals surface area contributed by atoms with Crippen molar-refractivity contribution in [1.82, 2.24) is 20.5 Å². The summed E-state index contributed by atoms with van der Waals surface area (Å²) in [6.07, 6.45) is 8.78. The second kappa shape index (κ2) is 11.8. The molecule has 3 atom stereocenters. The second-order valence-corrected chi connectivity index (χ2v) is 10.1. The topological polar surface area (TPSA) is 77.6 Å². The van der Waals surface area contributed by atoms with Gasteiger partial charge in [0.05, 0.1) is 17.8 Å². The number of likely N-dealkylation sites (N-methyl/N-ethyl adjacent to an activating group) is 1. The van der Waals surface area contributed by atoms with E-state index in [1.54, 1.807) is 25.4 Å². The van der Waals surface area contributed by atoms with Crippen LogP contribution >= 0.6 is 0 Å². The lowest BCUT2D eigenvalue weighted by molar-refractivity contribution is -0.139. The number of nitrogens with one attached hydrogen (secondary N) is 2. The number of pyridine rings is 1. The zero-order valence-corrected chi connectivity index (χ0v) is 21.5. The van der Waals surface area contributed by atoms with Crippen LogP contribution in [0.1, 0.15) is 63.6 Å². The van der Waals surface area contributed by atoms with E-state index in [0.717, 1.165) is 55.6 Å². The smallest absolute Gasteiger partial charge is 0.246 e. The Hall–Kier alpha value is -3.00. The summed E-state index contributed by atoms with van der Waals surface area (Å²) in [4.78, 5) is 35.3. The van der Waals surface area contributed by atoms with Crippen molar-refractivity contribution in [2.24, 2.45) is 5.92 Å². The Bertz CT molecular complexity index is 1040. The third kappa shape index (κ3) is 5.86. The number of carbonyl (C=O) groups excluding carboxylic acids is 2. The fraction of sp³-hybridized carbons (Fsp3) is 0.536. The van der Waals surface area contributed by atoms with E-state index in [-0.39, 0.29) is 35.6 Å². The maximum Gasteiger partial charge on any atom is 0.246 e. The summed E-state index contributed by atoms with van der Waals surface area (Å²) in [6, 6.07) is 9.28. The molecule has 2 amide bonds. The fourth-order valence-electron chi connectivity index (χ4n) is 5.42. The average Bonchev–Trinajstić information content (AvgIpc) is 3.41.